The molecule has 272 valence electrons. The van der Waals surface area contributed by atoms with Gasteiger partial charge in [0.2, 0.25) is 10.0 Å². The summed E-state index contributed by atoms with van der Waals surface area (Å²) in [4.78, 5) is 20.8. The predicted molar refractivity (Wildman–Crippen MR) is 190 cm³/mol. The maximum Gasteiger partial charge on any atom is 0.407 e. The van der Waals surface area contributed by atoms with Gasteiger partial charge in [0.25, 0.3) is 0 Å². The fourth-order valence-electron chi connectivity index (χ4n) is 7.32. The maximum absolute atomic E-state index is 14.3. The summed E-state index contributed by atoms with van der Waals surface area (Å²) in [6.45, 7) is 5.12. The standard InChI is InChI=1S/C37H50N4O8S/c1-24(2)21-41(50(45,46)27-13-14-31-29(18-27)30(35(43)39-31)20-38-19-26-11-7-4-8-12-26)22-33(42)32(17-25-9-5-3-6-10-25)40-37(44)49-34-23-48-36-28(34)15-16-47-36/h3,5-6,9-10,13-14,18,20,24,26,28,32-34,36,39,42-43H,4,7-8,11-12,15-17,19,21-23H2,1-2H3,(H,40,44)/t28?,32-,33+,34-,36?/m0/s1. The van der Waals surface area contributed by atoms with Crippen LogP contribution in [0.25, 0.3) is 10.9 Å². The van der Waals surface area contributed by atoms with Crippen LogP contribution in [0.15, 0.2) is 58.4 Å². The van der Waals surface area contributed by atoms with Crippen molar-refractivity contribution in [3.05, 3.63) is 59.7 Å². The highest BCUT2D eigenvalue weighted by Gasteiger charge is 2.44. The molecule has 0 spiro atoms. The highest BCUT2D eigenvalue weighted by atomic mass is 32.2. The van der Waals surface area contributed by atoms with Crippen LogP contribution >= 0.6 is 0 Å². The first-order valence-corrected chi connectivity index (χ1v) is 19.3. The predicted octanol–water partition coefficient (Wildman–Crippen LogP) is 4.98. The molecule has 50 heavy (non-hydrogen) atoms. The minimum absolute atomic E-state index is 0.0281. The topological polar surface area (TPSA) is 163 Å². The van der Waals surface area contributed by atoms with Gasteiger partial charge in [-0.05, 0) is 61.3 Å². The van der Waals surface area contributed by atoms with E-state index in [4.69, 9.17) is 14.2 Å². The molecule has 3 aromatic rings. The van der Waals surface area contributed by atoms with E-state index in [-0.39, 0.29) is 55.0 Å². The summed E-state index contributed by atoms with van der Waals surface area (Å²) in [6, 6.07) is 13.2. The van der Waals surface area contributed by atoms with Crippen molar-refractivity contribution in [1.82, 2.24) is 14.6 Å². The SMILES string of the molecule is CC(C)CN(C[C@@H](O)[C@H](Cc1ccccc1)NC(=O)O[C@H]1COC2OCCC21)S(=O)(=O)c1ccc2[nH]c(O)c(C=NCC3CCCCC3)c2c1. The monoisotopic (exact) mass is 710 g/mol. The number of H-pyrrole nitrogens is 1. The van der Waals surface area contributed by atoms with Crippen LogP contribution in [0, 0.1) is 17.8 Å². The summed E-state index contributed by atoms with van der Waals surface area (Å²) in [5.41, 5.74) is 1.89. The number of rotatable bonds is 14. The number of carbonyl (C=O) groups excluding carboxylic acids is 1. The van der Waals surface area contributed by atoms with E-state index in [9.17, 15) is 23.4 Å². The van der Waals surface area contributed by atoms with Crippen molar-refractivity contribution in [1.29, 1.82) is 0 Å². The van der Waals surface area contributed by atoms with Crippen molar-refractivity contribution in [2.75, 3.05) is 32.8 Å². The molecular formula is C37H50N4O8S. The summed E-state index contributed by atoms with van der Waals surface area (Å²) in [7, 11) is -4.13. The first-order chi connectivity index (χ1) is 24.1. The largest absolute Gasteiger partial charge is 0.494 e. The normalized spacial score (nSPS) is 22.8. The molecule has 1 aliphatic carbocycles. The highest BCUT2D eigenvalue weighted by Crippen LogP contribution is 2.33. The van der Waals surface area contributed by atoms with Crippen molar-refractivity contribution in [3.8, 4) is 5.88 Å². The Bertz CT molecular complexity index is 1720. The average molecular weight is 711 g/mol. The second-order valence-corrected chi connectivity index (χ2v) is 16.2. The molecule has 0 bridgehead atoms. The lowest BCUT2D eigenvalue weighted by atomic mass is 9.89. The second-order valence-electron chi connectivity index (χ2n) is 14.3. The van der Waals surface area contributed by atoms with E-state index in [2.05, 4.69) is 15.3 Å². The smallest absolute Gasteiger partial charge is 0.407 e. The number of aliphatic imine (C=N–C) groups is 1. The van der Waals surface area contributed by atoms with Gasteiger partial charge in [-0.25, -0.2) is 13.2 Å². The van der Waals surface area contributed by atoms with Crippen molar-refractivity contribution in [2.24, 2.45) is 22.7 Å². The molecule has 4 N–H and O–H groups in total. The van der Waals surface area contributed by atoms with Crippen LogP contribution in [0.2, 0.25) is 0 Å². The number of ether oxygens (including phenoxy) is 3. The van der Waals surface area contributed by atoms with E-state index in [1.807, 2.05) is 44.2 Å². The number of amides is 1. The van der Waals surface area contributed by atoms with Crippen LogP contribution in [-0.2, 0) is 30.7 Å². The molecule has 5 atom stereocenters. The molecule has 1 saturated carbocycles. The number of sulfonamides is 1. The van der Waals surface area contributed by atoms with Gasteiger partial charge in [-0.15, -0.1) is 0 Å². The lowest BCUT2D eigenvalue weighted by molar-refractivity contribution is -0.0907. The molecular weight excluding hydrogens is 660 g/mol. The van der Waals surface area contributed by atoms with Crippen LogP contribution in [0.3, 0.4) is 0 Å². The van der Waals surface area contributed by atoms with Gasteiger partial charge in [-0.3, -0.25) is 4.99 Å². The summed E-state index contributed by atoms with van der Waals surface area (Å²) in [5.74, 6) is 0.340. The number of aliphatic hydroxyl groups is 1. The lowest BCUT2D eigenvalue weighted by Crippen LogP contribution is -2.51. The first kappa shape index (κ1) is 36.3. The van der Waals surface area contributed by atoms with Gasteiger partial charge in [0.1, 0.15) is 6.10 Å². The van der Waals surface area contributed by atoms with E-state index in [1.165, 1.54) is 29.6 Å². The van der Waals surface area contributed by atoms with Crippen LogP contribution in [0.5, 0.6) is 5.88 Å². The first-order valence-electron chi connectivity index (χ1n) is 17.9. The number of aromatic amines is 1. The number of alkyl carbamates (subject to hydrolysis) is 1. The fraction of sp³-hybridized carbons (Fsp3) is 0.568. The Labute approximate surface area is 294 Å². The molecule has 1 amide bonds. The minimum Gasteiger partial charge on any atom is -0.494 e. The molecule has 3 aliphatic rings. The molecule has 13 heteroatoms. The zero-order chi connectivity index (χ0) is 35.3. The third kappa shape index (κ3) is 8.68. The number of aromatic hydroxyl groups is 1. The summed E-state index contributed by atoms with van der Waals surface area (Å²) in [6.07, 6.45) is 5.74. The number of nitrogens with one attached hydrogen (secondary N) is 2. The third-order valence-electron chi connectivity index (χ3n) is 10.0. The number of hydrogen-bond acceptors (Lipinski definition) is 9. The van der Waals surface area contributed by atoms with Crippen LogP contribution in [0.1, 0.15) is 63.5 Å². The van der Waals surface area contributed by atoms with Gasteiger partial charge >= 0.3 is 6.09 Å². The van der Waals surface area contributed by atoms with Crippen molar-refractivity contribution in [3.63, 3.8) is 0 Å². The molecule has 2 saturated heterocycles. The van der Waals surface area contributed by atoms with E-state index in [0.29, 0.717) is 35.5 Å². The summed E-state index contributed by atoms with van der Waals surface area (Å²) in [5, 5.41) is 25.7. The number of aromatic nitrogens is 1. The molecule has 2 aliphatic heterocycles. The molecule has 0 radical (unpaired) electrons. The van der Waals surface area contributed by atoms with Crippen LogP contribution in [0.4, 0.5) is 4.79 Å². The fourth-order valence-corrected chi connectivity index (χ4v) is 8.96. The van der Waals surface area contributed by atoms with Gasteiger partial charge in [-0.1, -0.05) is 63.4 Å². The van der Waals surface area contributed by atoms with Gasteiger partial charge in [-0.2, -0.15) is 4.31 Å². The van der Waals surface area contributed by atoms with Crippen LogP contribution < -0.4 is 5.32 Å². The third-order valence-corrected chi connectivity index (χ3v) is 11.8. The van der Waals surface area contributed by atoms with Crippen LogP contribution in [-0.4, -0.2) is 97.6 Å². The Kier molecular flexibility index (Phi) is 11.8. The van der Waals surface area contributed by atoms with E-state index in [1.54, 1.807) is 18.3 Å². The Balaban J connectivity index is 1.21. The van der Waals surface area contributed by atoms with Crippen molar-refractivity contribution in [2.45, 2.75) is 88.2 Å². The van der Waals surface area contributed by atoms with Crippen molar-refractivity contribution < 1.29 is 37.6 Å². The zero-order valence-electron chi connectivity index (χ0n) is 28.9. The van der Waals surface area contributed by atoms with E-state index < -0.39 is 34.4 Å². The maximum atomic E-state index is 14.3. The average Bonchev–Trinajstić information content (AvgIpc) is 3.80. The molecule has 2 unspecified atom stereocenters. The number of carbonyl (C=O) groups is 1. The molecule has 3 fully saturated rings. The number of hydrogen-bond donors (Lipinski definition) is 4. The lowest BCUT2D eigenvalue weighted by Gasteiger charge is -2.31. The Morgan fingerprint density at radius 3 is 2.64 bits per heavy atom. The Morgan fingerprint density at radius 1 is 1.10 bits per heavy atom. The van der Waals surface area contributed by atoms with E-state index >= 15 is 0 Å². The highest BCUT2D eigenvalue weighted by molar-refractivity contribution is 7.89. The minimum atomic E-state index is -4.13. The van der Waals surface area contributed by atoms with Gasteiger partial charge in [0.05, 0.1) is 41.7 Å². The molecule has 1 aromatic heterocycles. The summed E-state index contributed by atoms with van der Waals surface area (Å²) < 4.78 is 46.8. The zero-order valence-corrected chi connectivity index (χ0v) is 29.7. The molecule has 2 aromatic carbocycles. The number of aliphatic hydroxyl groups excluding tert-OH is 1. The number of fused-ring (bicyclic) bond motifs is 2. The Hall–Kier alpha value is -3.49. The molecule has 3 heterocycles. The quantitative estimate of drug-likeness (QED) is 0.170. The van der Waals surface area contributed by atoms with E-state index in [0.717, 1.165) is 24.8 Å². The summed E-state index contributed by atoms with van der Waals surface area (Å²) >= 11 is 0. The molecule has 6 rings (SSSR count). The number of nitrogens with zero attached hydrogens (tertiary/aromatic N) is 2. The van der Waals surface area contributed by atoms with Crippen molar-refractivity contribution >= 4 is 33.2 Å². The molecule has 12 nitrogen and oxygen atoms in total. The number of benzene rings is 2. The van der Waals surface area contributed by atoms with Gasteiger partial charge in [0, 0.05) is 36.8 Å². The second kappa shape index (κ2) is 16.2. The van der Waals surface area contributed by atoms with Gasteiger partial charge in [0.15, 0.2) is 12.2 Å². The Morgan fingerprint density at radius 2 is 1.88 bits per heavy atom. The van der Waals surface area contributed by atoms with Gasteiger partial charge < -0.3 is 34.7 Å².